The maximum atomic E-state index is 13.6. The van der Waals surface area contributed by atoms with Gasteiger partial charge in [-0.05, 0) is 43.4 Å². The van der Waals surface area contributed by atoms with Crippen molar-refractivity contribution in [1.82, 2.24) is 10.3 Å². The number of Topliss-reactive ketones (excluding diaryl/α,β-unsaturated/α-hetero) is 1. The molecule has 1 aromatic carbocycles. The Balaban J connectivity index is 1.85. The van der Waals surface area contributed by atoms with E-state index in [2.05, 4.69) is 29.5 Å². The van der Waals surface area contributed by atoms with Gasteiger partial charge in [0.25, 0.3) is 5.91 Å². The van der Waals surface area contributed by atoms with Gasteiger partial charge in [0.2, 0.25) is 0 Å². The van der Waals surface area contributed by atoms with Crippen LogP contribution in [0.1, 0.15) is 50.7 Å². The van der Waals surface area contributed by atoms with Crippen molar-refractivity contribution in [2.24, 2.45) is 5.41 Å². The lowest BCUT2D eigenvalue weighted by Gasteiger charge is -2.40. The van der Waals surface area contributed by atoms with Crippen molar-refractivity contribution < 1.29 is 19.1 Å². The van der Waals surface area contributed by atoms with Crippen molar-refractivity contribution >= 4 is 17.5 Å². The van der Waals surface area contributed by atoms with Gasteiger partial charge >= 0.3 is 0 Å². The summed E-state index contributed by atoms with van der Waals surface area (Å²) in [5.74, 6) is 0.789. The number of benzene rings is 1. The number of dihydropyridines is 1. The topological polar surface area (TPSA) is 89.5 Å². The second-order valence-electron chi connectivity index (χ2n) is 9.71. The third-order valence-electron chi connectivity index (χ3n) is 6.39. The van der Waals surface area contributed by atoms with E-state index in [-0.39, 0.29) is 17.1 Å². The van der Waals surface area contributed by atoms with E-state index >= 15 is 0 Å². The van der Waals surface area contributed by atoms with Crippen LogP contribution in [-0.4, -0.2) is 30.9 Å². The van der Waals surface area contributed by atoms with Gasteiger partial charge in [0.15, 0.2) is 5.78 Å². The number of hydrogen-bond donors (Lipinski definition) is 2. The Hall–Kier alpha value is -3.61. The third kappa shape index (κ3) is 4.42. The molecule has 2 heterocycles. The molecular formula is C27H31N3O4. The number of ether oxygens (including phenoxy) is 2. The maximum Gasteiger partial charge on any atom is 0.255 e. The fourth-order valence-electron chi connectivity index (χ4n) is 4.83. The summed E-state index contributed by atoms with van der Waals surface area (Å²) in [6, 6.07) is 9.13. The largest absolute Gasteiger partial charge is 0.497 e. The standard InChI is InChI=1S/C27H31N3O4/c1-15-7-10-22(28-14-15)30-26(32)23-16(2)29-19-12-27(3,4)13-20(31)25(19)24(23)18-9-8-17(33-5)11-21(18)34-6/h7-11,14,24,29H,12-13H2,1-6H3,(H,28,30,32). The third-order valence-corrected chi connectivity index (χ3v) is 6.39. The first-order chi connectivity index (χ1) is 16.1. The van der Waals surface area contributed by atoms with E-state index in [1.165, 1.54) is 0 Å². The van der Waals surface area contributed by atoms with E-state index in [0.29, 0.717) is 40.6 Å². The van der Waals surface area contributed by atoms with Crippen LogP contribution >= 0.6 is 0 Å². The first-order valence-electron chi connectivity index (χ1n) is 11.3. The predicted octanol–water partition coefficient (Wildman–Crippen LogP) is 4.65. The highest BCUT2D eigenvalue weighted by atomic mass is 16.5. The molecule has 7 heteroatoms. The van der Waals surface area contributed by atoms with Crippen LogP contribution in [0.5, 0.6) is 11.5 Å². The number of aromatic nitrogens is 1. The molecule has 1 amide bonds. The van der Waals surface area contributed by atoms with Crippen molar-refractivity contribution in [2.45, 2.75) is 46.5 Å². The quantitative estimate of drug-likeness (QED) is 0.674. The Bertz CT molecular complexity index is 1210. The molecule has 1 unspecified atom stereocenters. The SMILES string of the molecule is COc1ccc(C2C(C(=O)Nc3ccc(C)cn3)=C(C)NC3=C2C(=O)CC(C)(C)C3)c(OC)c1. The highest BCUT2D eigenvalue weighted by Crippen LogP contribution is 2.49. The molecule has 2 aliphatic rings. The smallest absolute Gasteiger partial charge is 0.255 e. The molecule has 1 aromatic heterocycles. The zero-order valence-corrected chi connectivity index (χ0v) is 20.5. The maximum absolute atomic E-state index is 13.6. The Morgan fingerprint density at radius 1 is 1.12 bits per heavy atom. The lowest BCUT2D eigenvalue weighted by atomic mass is 9.68. The number of aryl methyl sites for hydroxylation is 1. The number of nitrogens with zero attached hydrogens (tertiary/aromatic N) is 1. The van der Waals surface area contributed by atoms with Gasteiger partial charge in [0.1, 0.15) is 17.3 Å². The van der Waals surface area contributed by atoms with E-state index in [9.17, 15) is 9.59 Å². The molecule has 0 spiro atoms. The highest BCUT2D eigenvalue weighted by molar-refractivity contribution is 6.09. The van der Waals surface area contributed by atoms with E-state index in [0.717, 1.165) is 23.2 Å². The minimum absolute atomic E-state index is 0.0351. The average Bonchev–Trinajstić information content (AvgIpc) is 2.78. The molecule has 2 N–H and O–H groups in total. The number of pyridine rings is 1. The van der Waals surface area contributed by atoms with Crippen LogP contribution in [0.25, 0.3) is 0 Å². The fraction of sp³-hybridized carbons (Fsp3) is 0.370. The van der Waals surface area contributed by atoms with Crippen molar-refractivity contribution in [3.8, 4) is 11.5 Å². The number of ketones is 1. The summed E-state index contributed by atoms with van der Waals surface area (Å²) in [5.41, 5.74) is 4.24. The zero-order chi connectivity index (χ0) is 24.6. The summed E-state index contributed by atoms with van der Waals surface area (Å²) in [6.07, 6.45) is 2.83. The van der Waals surface area contributed by atoms with E-state index < -0.39 is 5.92 Å². The van der Waals surface area contributed by atoms with Gasteiger partial charge in [-0.15, -0.1) is 0 Å². The molecule has 34 heavy (non-hydrogen) atoms. The molecule has 0 saturated heterocycles. The summed E-state index contributed by atoms with van der Waals surface area (Å²) >= 11 is 0. The molecule has 4 rings (SSSR count). The van der Waals surface area contributed by atoms with Gasteiger partial charge in [-0.1, -0.05) is 26.0 Å². The number of anilines is 1. The molecule has 0 fully saturated rings. The van der Waals surface area contributed by atoms with Gasteiger partial charge in [-0.3, -0.25) is 9.59 Å². The molecule has 7 nitrogen and oxygen atoms in total. The second-order valence-corrected chi connectivity index (χ2v) is 9.71. The predicted molar refractivity (Wildman–Crippen MR) is 131 cm³/mol. The van der Waals surface area contributed by atoms with Gasteiger partial charge in [0.05, 0.1) is 20.1 Å². The first-order valence-corrected chi connectivity index (χ1v) is 11.3. The van der Waals surface area contributed by atoms with Crippen molar-refractivity contribution in [1.29, 1.82) is 0 Å². The number of hydrogen-bond acceptors (Lipinski definition) is 6. The lowest BCUT2D eigenvalue weighted by molar-refractivity contribution is -0.118. The molecule has 1 aliphatic heterocycles. The van der Waals surface area contributed by atoms with Gasteiger partial charge in [-0.25, -0.2) is 4.98 Å². The summed E-state index contributed by atoms with van der Waals surface area (Å²) in [5, 5.41) is 6.29. The highest BCUT2D eigenvalue weighted by Gasteiger charge is 2.43. The number of carbonyl (C=O) groups is 2. The van der Waals surface area contributed by atoms with Gasteiger partial charge in [-0.2, -0.15) is 0 Å². The summed E-state index contributed by atoms with van der Waals surface area (Å²) in [7, 11) is 3.16. The summed E-state index contributed by atoms with van der Waals surface area (Å²) in [6.45, 7) is 7.98. The van der Waals surface area contributed by atoms with Gasteiger partial charge < -0.3 is 20.1 Å². The number of amides is 1. The van der Waals surface area contributed by atoms with E-state index in [4.69, 9.17) is 9.47 Å². The van der Waals surface area contributed by atoms with Gasteiger partial charge in [0, 0.05) is 46.8 Å². The number of methoxy groups -OCH3 is 2. The minimum atomic E-state index is -0.578. The lowest BCUT2D eigenvalue weighted by Crippen LogP contribution is -2.39. The van der Waals surface area contributed by atoms with Crippen LogP contribution in [0.3, 0.4) is 0 Å². The molecule has 178 valence electrons. The molecule has 0 radical (unpaired) electrons. The number of nitrogens with one attached hydrogen (secondary N) is 2. The van der Waals surface area contributed by atoms with E-state index in [1.54, 1.807) is 32.5 Å². The number of allylic oxidation sites excluding steroid dienone is 3. The Morgan fingerprint density at radius 3 is 2.53 bits per heavy atom. The van der Waals surface area contributed by atoms with Crippen molar-refractivity contribution in [3.05, 3.63) is 70.2 Å². The Kier molecular flexibility index (Phi) is 6.21. The zero-order valence-electron chi connectivity index (χ0n) is 20.5. The van der Waals surface area contributed by atoms with Crippen LogP contribution in [0, 0.1) is 12.3 Å². The normalized spacial score (nSPS) is 19.4. The summed E-state index contributed by atoms with van der Waals surface area (Å²) in [4.78, 5) is 31.4. The summed E-state index contributed by atoms with van der Waals surface area (Å²) < 4.78 is 11.1. The minimum Gasteiger partial charge on any atom is -0.497 e. The number of carbonyl (C=O) groups excluding carboxylic acids is 2. The van der Waals surface area contributed by atoms with Crippen LogP contribution in [-0.2, 0) is 9.59 Å². The van der Waals surface area contributed by atoms with Crippen molar-refractivity contribution in [3.63, 3.8) is 0 Å². The van der Waals surface area contributed by atoms with Crippen LogP contribution in [0.2, 0.25) is 0 Å². The second kappa shape index (κ2) is 8.97. The molecule has 0 saturated carbocycles. The monoisotopic (exact) mass is 461 g/mol. The molecule has 1 atom stereocenters. The molecule has 2 aromatic rings. The van der Waals surface area contributed by atoms with Crippen molar-refractivity contribution in [2.75, 3.05) is 19.5 Å². The Morgan fingerprint density at radius 2 is 1.88 bits per heavy atom. The Labute approximate surface area is 200 Å². The molecule has 1 aliphatic carbocycles. The van der Waals surface area contributed by atoms with Crippen LogP contribution < -0.4 is 20.1 Å². The van der Waals surface area contributed by atoms with E-state index in [1.807, 2.05) is 32.0 Å². The fourth-order valence-corrected chi connectivity index (χ4v) is 4.83. The van der Waals surface area contributed by atoms with Crippen LogP contribution in [0.4, 0.5) is 5.82 Å². The number of rotatable bonds is 5. The molecular weight excluding hydrogens is 430 g/mol. The first kappa shape index (κ1) is 23.5. The molecule has 0 bridgehead atoms. The average molecular weight is 462 g/mol. The van der Waals surface area contributed by atoms with Crippen LogP contribution in [0.15, 0.2) is 59.1 Å².